The van der Waals surface area contributed by atoms with Crippen molar-refractivity contribution in [3.63, 3.8) is 0 Å². The van der Waals surface area contributed by atoms with Gasteiger partial charge < -0.3 is 25.7 Å². The lowest BCUT2D eigenvalue weighted by atomic mass is 10.0. The first-order valence-corrected chi connectivity index (χ1v) is 14.5. The first-order chi connectivity index (χ1) is 21.3. The van der Waals surface area contributed by atoms with Gasteiger partial charge in [0.25, 0.3) is 0 Å². The standard InChI is InChI=1S/C30H32ClN9O4/c1-32-30(43)23-6-4-3-5-22(36-27(41)12-8-19-15-20(31)9-11-26(19)40-17-34-38-39-40)29-33-16-25(37-29)21-10-7-18(13-24(21)35-23)14-28(42)44-2/h7-13,15-17,22-23,35H,3-6,14H2,1-2H3,(H,32,43)(H,33,37)(H,36,41)/b12-8+/t22-,23+/m0/s1. The smallest absolute Gasteiger partial charge is 0.309 e. The Morgan fingerprint density at radius 2 is 2.00 bits per heavy atom. The number of carbonyl (C=O) groups excluding carboxylic acids is 3. The van der Waals surface area contributed by atoms with Crippen LogP contribution in [0.25, 0.3) is 23.0 Å². The summed E-state index contributed by atoms with van der Waals surface area (Å²) in [5, 5.41) is 21.0. The zero-order valence-corrected chi connectivity index (χ0v) is 25.0. The molecule has 2 amide bonds. The predicted octanol–water partition coefficient (Wildman–Crippen LogP) is 3.39. The molecule has 0 fully saturated rings. The molecule has 2 aromatic heterocycles. The quantitative estimate of drug-likeness (QED) is 0.179. The Kier molecular flexibility index (Phi) is 9.65. The Morgan fingerprint density at radius 3 is 2.77 bits per heavy atom. The number of aromatic amines is 1. The molecule has 1 aliphatic rings. The normalized spacial score (nSPS) is 16.6. The Balaban J connectivity index is 1.41. The van der Waals surface area contributed by atoms with E-state index < -0.39 is 12.1 Å². The second-order valence-corrected chi connectivity index (χ2v) is 10.7. The number of carbonyl (C=O) groups is 3. The van der Waals surface area contributed by atoms with Gasteiger partial charge in [0.05, 0.1) is 37.2 Å². The summed E-state index contributed by atoms with van der Waals surface area (Å²) in [6.07, 6.45) is 8.96. The second kappa shape index (κ2) is 14.0. The number of hydrogen-bond acceptors (Lipinski definition) is 9. The van der Waals surface area contributed by atoms with E-state index in [1.807, 2.05) is 18.2 Å². The molecule has 3 heterocycles. The van der Waals surface area contributed by atoms with Crippen LogP contribution in [0.15, 0.2) is 55.0 Å². The molecule has 4 aromatic rings. The summed E-state index contributed by atoms with van der Waals surface area (Å²) in [5.41, 5.74) is 4.22. The average Bonchev–Trinajstić information content (AvgIpc) is 3.73. The van der Waals surface area contributed by atoms with Crippen molar-refractivity contribution in [1.29, 1.82) is 0 Å². The van der Waals surface area contributed by atoms with Crippen LogP contribution in [0.3, 0.4) is 0 Å². The Bertz CT molecular complexity index is 1670. The van der Waals surface area contributed by atoms with Crippen LogP contribution < -0.4 is 16.0 Å². The summed E-state index contributed by atoms with van der Waals surface area (Å²) in [6.45, 7) is 0. The fourth-order valence-electron chi connectivity index (χ4n) is 5.07. The van der Waals surface area contributed by atoms with Crippen LogP contribution in [0.1, 0.15) is 48.7 Å². The summed E-state index contributed by atoms with van der Waals surface area (Å²) in [7, 11) is 2.95. The van der Waals surface area contributed by atoms with E-state index in [1.54, 1.807) is 37.5 Å². The van der Waals surface area contributed by atoms with Crippen molar-refractivity contribution in [2.45, 2.75) is 44.2 Å². The Labute approximate surface area is 258 Å². The number of hydrogen-bond donors (Lipinski definition) is 4. The highest BCUT2D eigenvalue weighted by atomic mass is 35.5. The topological polar surface area (TPSA) is 169 Å². The van der Waals surface area contributed by atoms with Gasteiger partial charge in [0.1, 0.15) is 18.2 Å². The van der Waals surface area contributed by atoms with Crippen LogP contribution in [-0.2, 0) is 25.5 Å². The summed E-state index contributed by atoms with van der Waals surface area (Å²) >= 11 is 6.22. The van der Waals surface area contributed by atoms with Crippen molar-refractivity contribution in [2.75, 3.05) is 19.5 Å². The highest BCUT2D eigenvalue weighted by molar-refractivity contribution is 6.30. The molecule has 0 saturated carbocycles. The van der Waals surface area contributed by atoms with Gasteiger partial charge in [-0.15, -0.1) is 5.10 Å². The van der Waals surface area contributed by atoms with Crippen molar-refractivity contribution in [1.82, 2.24) is 40.8 Å². The van der Waals surface area contributed by atoms with Gasteiger partial charge in [-0.2, -0.15) is 4.68 Å². The van der Waals surface area contributed by atoms with E-state index in [9.17, 15) is 14.4 Å². The molecule has 13 nitrogen and oxygen atoms in total. The number of nitrogens with zero attached hydrogens (tertiary/aromatic N) is 5. The lowest BCUT2D eigenvalue weighted by Crippen LogP contribution is -2.38. The molecule has 2 aromatic carbocycles. The van der Waals surface area contributed by atoms with Gasteiger partial charge in [-0.3, -0.25) is 14.4 Å². The number of H-pyrrole nitrogens is 1. The number of anilines is 1. The highest BCUT2D eigenvalue weighted by Crippen LogP contribution is 2.32. The fourth-order valence-corrected chi connectivity index (χ4v) is 5.26. The van der Waals surface area contributed by atoms with Crippen LogP contribution in [0, 0.1) is 0 Å². The lowest BCUT2D eigenvalue weighted by molar-refractivity contribution is -0.139. The molecular weight excluding hydrogens is 586 g/mol. The van der Waals surface area contributed by atoms with E-state index in [-0.39, 0.29) is 24.2 Å². The van der Waals surface area contributed by atoms with E-state index in [0.29, 0.717) is 46.3 Å². The van der Waals surface area contributed by atoms with Crippen LogP contribution in [0.2, 0.25) is 5.02 Å². The summed E-state index contributed by atoms with van der Waals surface area (Å²) in [5.74, 6) is -0.222. The van der Waals surface area contributed by atoms with Gasteiger partial charge in [-0.05, 0) is 59.2 Å². The molecule has 0 spiro atoms. The zero-order chi connectivity index (χ0) is 31.1. The molecule has 0 aliphatic carbocycles. The van der Waals surface area contributed by atoms with Gasteiger partial charge in [0, 0.05) is 35.0 Å². The van der Waals surface area contributed by atoms with Gasteiger partial charge >= 0.3 is 5.97 Å². The molecule has 2 bridgehead atoms. The number of ether oxygens (including phenoxy) is 1. The number of aromatic nitrogens is 6. The van der Waals surface area contributed by atoms with E-state index in [0.717, 1.165) is 24.0 Å². The molecule has 0 radical (unpaired) electrons. The molecule has 5 rings (SSSR count). The van der Waals surface area contributed by atoms with Crippen molar-refractivity contribution in [3.05, 3.63) is 77.0 Å². The van der Waals surface area contributed by atoms with Crippen LogP contribution in [0.4, 0.5) is 5.69 Å². The minimum absolute atomic E-state index is 0.0956. The van der Waals surface area contributed by atoms with E-state index >= 15 is 0 Å². The second-order valence-electron chi connectivity index (χ2n) is 10.3. The lowest BCUT2D eigenvalue weighted by Gasteiger charge is -2.22. The number of methoxy groups -OCH3 is 1. The van der Waals surface area contributed by atoms with Crippen LogP contribution in [-0.4, -0.2) is 68.2 Å². The largest absolute Gasteiger partial charge is 0.469 e. The predicted molar refractivity (Wildman–Crippen MR) is 164 cm³/mol. The van der Waals surface area contributed by atoms with E-state index in [1.165, 1.54) is 24.2 Å². The third-order valence-electron chi connectivity index (χ3n) is 7.32. The first-order valence-electron chi connectivity index (χ1n) is 14.1. The minimum atomic E-state index is -0.503. The molecule has 228 valence electrons. The Morgan fingerprint density at radius 1 is 1.16 bits per heavy atom. The van der Waals surface area contributed by atoms with Gasteiger partial charge in [-0.25, -0.2) is 4.98 Å². The number of esters is 1. The number of halogens is 1. The third-order valence-corrected chi connectivity index (χ3v) is 7.56. The van der Waals surface area contributed by atoms with Crippen molar-refractivity contribution >= 4 is 41.1 Å². The molecule has 14 heteroatoms. The van der Waals surface area contributed by atoms with Gasteiger partial charge in [0.2, 0.25) is 11.8 Å². The first kappa shape index (κ1) is 30.4. The minimum Gasteiger partial charge on any atom is -0.469 e. The highest BCUT2D eigenvalue weighted by Gasteiger charge is 2.23. The van der Waals surface area contributed by atoms with Crippen molar-refractivity contribution in [2.24, 2.45) is 0 Å². The number of fused-ring (bicyclic) bond motifs is 4. The summed E-state index contributed by atoms with van der Waals surface area (Å²) in [6, 6.07) is 9.85. The number of rotatable bonds is 7. The molecule has 2 atom stereocenters. The molecule has 0 unspecified atom stereocenters. The van der Waals surface area contributed by atoms with Gasteiger partial charge in [-0.1, -0.05) is 36.6 Å². The monoisotopic (exact) mass is 617 g/mol. The maximum absolute atomic E-state index is 13.2. The summed E-state index contributed by atoms with van der Waals surface area (Å²) in [4.78, 5) is 45.9. The molecule has 1 aliphatic heterocycles. The number of benzene rings is 2. The fraction of sp³-hybridized carbons (Fsp3) is 0.300. The van der Waals surface area contributed by atoms with Gasteiger partial charge in [0.15, 0.2) is 0 Å². The summed E-state index contributed by atoms with van der Waals surface area (Å²) < 4.78 is 6.32. The number of likely N-dealkylation sites (N-methyl/N-ethyl adjacent to an activating group) is 1. The third kappa shape index (κ3) is 7.29. The number of nitrogens with one attached hydrogen (secondary N) is 4. The van der Waals surface area contributed by atoms with E-state index in [4.69, 9.17) is 16.3 Å². The SMILES string of the molecule is CNC(=O)[C@H]1CCCC[C@H](NC(=O)/C=C/c2cc(Cl)ccc2-n2cnnn2)c2ncc([nH]2)-c2ccc(CC(=O)OC)cc2N1. The number of tetrazole rings is 1. The van der Waals surface area contributed by atoms with Crippen molar-refractivity contribution in [3.8, 4) is 16.9 Å². The average molecular weight is 618 g/mol. The molecular formula is C30H32ClN9O4. The molecule has 44 heavy (non-hydrogen) atoms. The van der Waals surface area contributed by atoms with Crippen LogP contribution >= 0.6 is 11.6 Å². The Hall–Kier alpha value is -5.04. The number of amides is 2. The maximum atomic E-state index is 13.2. The van der Waals surface area contributed by atoms with E-state index in [2.05, 4.69) is 41.4 Å². The maximum Gasteiger partial charge on any atom is 0.309 e. The number of imidazole rings is 1. The molecule has 4 N–H and O–H groups in total. The van der Waals surface area contributed by atoms with Crippen molar-refractivity contribution < 1.29 is 19.1 Å². The van der Waals surface area contributed by atoms with Crippen LogP contribution in [0.5, 0.6) is 0 Å². The zero-order valence-electron chi connectivity index (χ0n) is 24.2. The molecule has 0 saturated heterocycles.